The molecule has 1 N–H and O–H groups in total. The third-order valence-corrected chi connectivity index (χ3v) is 9.07. The molecule has 1 heterocycles. The summed E-state index contributed by atoms with van der Waals surface area (Å²) in [6.07, 6.45) is 6.07. The topological polar surface area (TPSA) is 63.6 Å². The Balaban J connectivity index is 1.73. The lowest BCUT2D eigenvalue weighted by Gasteiger charge is -2.64. The second kappa shape index (κ2) is 3.82. The van der Waals surface area contributed by atoms with Crippen LogP contribution in [0.1, 0.15) is 65.2 Å². The summed E-state index contributed by atoms with van der Waals surface area (Å²) in [4.78, 5) is 26.1. The number of ether oxygens (including phenoxy) is 1. The second-order valence-electron chi connectivity index (χ2n) is 9.57. The average molecular weight is 330 g/mol. The fourth-order valence-corrected chi connectivity index (χ4v) is 7.61. The van der Waals surface area contributed by atoms with Crippen LogP contribution in [0.4, 0.5) is 0 Å². The van der Waals surface area contributed by atoms with Crippen molar-refractivity contribution in [3.8, 4) is 0 Å². The highest BCUT2D eigenvalue weighted by molar-refractivity contribution is 6.05. The van der Waals surface area contributed by atoms with E-state index >= 15 is 0 Å². The maximum absolute atomic E-state index is 13.3. The number of aliphatic hydroxyl groups is 1. The summed E-state index contributed by atoms with van der Waals surface area (Å²) >= 11 is 0. The third-order valence-electron chi connectivity index (χ3n) is 9.07. The van der Waals surface area contributed by atoms with Gasteiger partial charge in [0.05, 0.1) is 11.0 Å². The quantitative estimate of drug-likeness (QED) is 0.548. The smallest absolute Gasteiger partial charge is 0.312 e. The molecule has 130 valence electrons. The van der Waals surface area contributed by atoms with E-state index in [2.05, 4.69) is 20.4 Å². The minimum atomic E-state index is -1.04. The molecule has 1 spiro atoms. The molecule has 0 radical (unpaired) electrons. The van der Waals surface area contributed by atoms with Crippen LogP contribution in [-0.2, 0) is 14.3 Å². The van der Waals surface area contributed by atoms with E-state index in [-0.39, 0.29) is 23.1 Å². The minimum Gasteiger partial charge on any atom is -0.458 e. The largest absolute Gasteiger partial charge is 0.458 e. The van der Waals surface area contributed by atoms with E-state index in [9.17, 15) is 14.7 Å². The first-order valence-corrected chi connectivity index (χ1v) is 9.35. The SMILES string of the molecule is C=C1C(=O)[C@@]23CC[C@H]4[C@@]5(C)CCC[C@@]4(OC5=O)[C@@]2(C)CC[C@]1(O)C3. The van der Waals surface area contributed by atoms with Gasteiger partial charge in [-0.2, -0.15) is 0 Å². The molecule has 5 aliphatic rings. The number of Topliss-reactive ketones (excluding diaryl/α,β-unsaturated/α-hetero) is 1. The molecule has 0 aromatic carbocycles. The molecule has 6 atom stereocenters. The zero-order valence-electron chi connectivity index (χ0n) is 14.6. The van der Waals surface area contributed by atoms with E-state index in [0.29, 0.717) is 18.4 Å². The lowest BCUT2D eigenvalue weighted by Crippen LogP contribution is -2.67. The summed E-state index contributed by atoms with van der Waals surface area (Å²) in [5.41, 5.74) is -2.56. The third kappa shape index (κ3) is 1.20. The Morgan fingerprint density at radius 1 is 1.12 bits per heavy atom. The van der Waals surface area contributed by atoms with Gasteiger partial charge in [-0.05, 0) is 58.3 Å². The van der Waals surface area contributed by atoms with E-state index in [0.717, 1.165) is 38.5 Å². The number of carbonyl (C=O) groups excluding carboxylic acids is 2. The molecule has 4 bridgehead atoms. The Bertz CT molecular complexity index is 712. The van der Waals surface area contributed by atoms with Crippen molar-refractivity contribution in [2.45, 2.75) is 76.4 Å². The Kier molecular flexibility index (Phi) is 2.41. The van der Waals surface area contributed by atoms with Crippen molar-refractivity contribution in [1.82, 2.24) is 0 Å². The van der Waals surface area contributed by atoms with Gasteiger partial charge in [-0.25, -0.2) is 0 Å². The fourth-order valence-electron chi connectivity index (χ4n) is 7.61. The van der Waals surface area contributed by atoms with Crippen LogP contribution in [0.3, 0.4) is 0 Å². The van der Waals surface area contributed by atoms with Crippen molar-refractivity contribution in [3.63, 3.8) is 0 Å². The molecule has 24 heavy (non-hydrogen) atoms. The van der Waals surface area contributed by atoms with Crippen LogP contribution in [0.15, 0.2) is 12.2 Å². The highest BCUT2D eigenvalue weighted by Crippen LogP contribution is 2.77. The van der Waals surface area contributed by atoms with Crippen LogP contribution in [0.25, 0.3) is 0 Å². The summed E-state index contributed by atoms with van der Waals surface area (Å²) in [5, 5.41) is 10.9. The molecule has 0 aromatic rings. The summed E-state index contributed by atoms with van der Waals surface area (Å²) in [5.74, 6) is 0.177. The second-order valence-corrected chi connectivity index (χ2v) is 9.57. The number of ketones is 1. The lowest BCUT2D eigenvalue weighted by atomic mass is 9.39. The molecule has 5 fully saturated rings. The number of hydrogen-bond acceptors (Lipinski definition) is 4. The first-order valence-electron chi connectivity index (χ1n) is 9.35. The van der Waals surface area contributed by atoms with Gasteiger partial charge in [0.15, 0.2) is 5.78 Å². The van der Waals surface area contributed by atoms with Crippen LogP contribution < -0.4 is 0 Å². The normalized spacial score (nSPS) is 58.3. The summed E-state index contributed by atoms with van der Waals surface area (Å²) < 4.78 is 6.21. The average Bonchev–Trinajstić information content (AvgIpc) is 2.77. The van der Waals surface area contributed by atoms with Crippen molar-refractivity contribution < 1.29 is 19.4 Å². The number of fused-ring (bicyclic) bond motifs is 1. The first kappa shape index (κ1) is 15.1. The Labute approximate surface area is 142 Å². The van der Waals surface area contributed by atoms with Gasteiger partial charge < -0.3 is 9.84 Å². The molecule has 4 saturated carbocycles. The molecular weight excluding hydrogens is 304 g/mol. The van der Waals surface area contributed by atoms with Crippen LogP contribution in [0.5, 0.6) is 0 Å². The predicted octanol–water partition coefficient (Wildman–Crippen LogP) is 2.93. The highest BCUT2D eigenvalue weighted by Gasteiger charge is 2.81. The molecule has 0 amide bonds. The minimum absolute atomic E-state index is 0.0352. The van der Waals surface area contributed by atoms with Crippen molar-refractivity contribution in [3.05, 3.63) is 12.2 Å². The van der Waals surface area contributed by atoms with Gasteiger partial charge in [-0.15, -0.1) is 0 Å². The molecular formula is C20H26O4. The Hall–Kier alpha value is -1.16. The van der Waals surface area contributed by atoms with Gasteiger partial charge in [0.2, 0.25) is 0 Å². The van der Waals surface area contributed by atoms with Gasteiger partial charge >= 0.3 is 5.97 Å². The molecule has 4 heteroatoms. The van der Waals surface area contributed by atoms with Crippen LogP contribution in [-0.4, -0.2) is 28.1 Å². The zero-order chi connectivity index (χ0) is 17.2. The molecule has 0 unspecified atom stereocenters. The Morgan fingerprint density at radius 2 is 1.88 bits per heavy atom. The molecule has 4 nitrogen and oxygen atoms in total. The zero-order valence-corrected chi connectivity index (χ0v) is 14.6. The van der Waals surface area contributed by atoms with E-state index in [1.807, 2.05) is 0 Å². The number of rotatable bonds is 0. The Morgan fingerprint density at radius 3 is 2.62 bits per heavy atom. The van der Waals surface area contributed by atoms with Gasteiger partial charge in [-0.1, -0.05) is 13.5 Å². The molecule has 1 saturated heterocycles. The van der Waals surface area contributed by atoms with Crippen LogP contribution in [0, 0.1) is 22.2 Å². The maximum atomic E-state index is 13.3. The summed E-state index contributed by atoms with van der Waals surface area (Å²) in [6, 6.07) is 0. The van der Waals surface area contributed by atoms with Crippen molar-refractivity contribution in [2.75, 3.05) is 0 Å². The van der Waals surface area contributed by atoms with Gasteiger partial charge in [0.25, 0.3) is 0 Å². The molecule has 0 aromatic heterocycles. The fraction of sp³-hybridized carbons (Fsp3) is 0.800. The van der Waals surface area contributed by atoms with Crippen molar-refractivity contribution in [1.29, 1.82) is 0 Å². The van der Waals surface area contributed by atoms with Gasteiger partial charge in [0.1, 0.15) is 5.60 Å². The monoisotopic (exact) mass is 330 g/mol. The van der Waals surface area contributed by atoms with Crippen molar-refractivity contribution in [2.24, 2.45) is 22.2 Å². The van der Waals surface area contributed by atoms with E-state index in [4.69, 9.17) is 4.74 Å². The number of esters is 1. The number of carbonyl (C=O) groups is 2. The summed E-state index contributed by atoms with van der Waals surface area (Å²) in [6.45, 7) is 8.18. The highest BCUT2D eigenvalue weighted by atomic mass is 16.6. The molecule has 4 aliphatic carbocycles. The van der Waals surface area contributed by atoms with E-state index in [1.54, 1.807) is 0 Å². The van der Waals surface area contributed by atoms with Crippen molar-refractivity contribution >= 4 is 11.8 Å². The first-order chi connectivity index (χ1) is 11.2. The maximum Gasteiger partial charge on any atom is 0.312 e. The molecule has 5 rings (SSSR count). The number of hydrogen-bond donors (Lipinski definition) is 1. The van der Waals surface area contributed by atoms with Gasteiger partial charge in [-0.3, -0.25) is 9.59 Å². The van der Waals surface area contributed by atoms with Gasteiger partial charge in [0, 0.05) is 22.3 Å². The molecule has 1 aliphatic heterocycles. The van der Waals surface area contributed by atoms with Crippen LogP contribution >= 0.6 is 0 Å². The van der Waals surface area contributed by atoms with Crippen LogP contribution in [0.2, 0.25) is 0 Å². The standard InChI is InChI=1S/C20H26O4/c1-12-14(21)18-8-5-13-16(2)6-4-7-20(13,24-15(16)22)17(18,3)9-10-19(12,23)11-18/h13,23H,1,4-11H2,2-3H3/t13-,16+,17-,18-,19-,20-/m0/s1. The predicted molar refractivity (Wildman–Crippen MR) is 87.0 cm³/mol. The summed E-state index contributed by atoms with van der Waals surface area (Å²) in [7, 11) is 0. The van der Waals surface area contributed by atoms with E-state index < -0.39 is 22.0 Å². The van der Waals surface area contributed by atoms with E-state index in [1.165, 1.54) is 0 Å². The lowest BCUT2D eigenvalue weighted by molar-refractivity contribution is -0.230.